The number of aromatic nitrogens is 1. The van der Waals surface area contributed by atoms with Crippen molar-refractivity contribution in [1.29, 1.82) is 0 Å². The molecule has 22 heavy (non-hydrogen) atoms. The first-order valence-electron chi connectivity index (χ1n) is 6.62. The number of aromatic amines is 1. The zero-order valence-corrected chi connectivity index (χ0v) is 12.3. The first-order valence-corrected chi connectivity index (χ1v) is 7.60. The molecule has 0 atom stereocenters. The zero-order valence-electron chi connectivity index (χ0n) is 11.5. The van der Waals surface area contributed by atoms with Gasteiger partial charge in [-0.15, -0.1) is 11.8 Å². The number of non-ortho nitro benzene ring substituents is 1. The topological polar surface area (TPSA) is 76.0 Å². The molecule has 0 saturated heterocycles. The van der Waals surface area contributed by atoms with Gasteiger partial charge in [0, 0.05) is 39.7 Å². The minimum atomic E-state index is -0.439. The number of Topliss-reactive ketones (excluding diaryl/α,β-unsaturated/α-hetero) is 1. The maximum absolute atomic E-state index is 12.3. The first-order chi connectivity index (χ1) is 10.6. The number of carbonyl (C=O) groups is 1. The van der Waals surface area contributed by atoms with Crippen LogP contribution in [0.2, 0.25) is 0 Å². The predicted octanol–water partition coefficient (Wildman–Crippen LogP) is 4.05. The molecule has 1 aromatic heterocycles. The number of ketones is 1. The Morgan fingerprint density at radius 3 is 2.59 bits per heavy atom. The van der Waals surface area contributed by atoms with E-state index in [9.17, 15) is 14.9 Å². The largest absolute Gasteiger partial charge is 0.360 e. The fourth-order valence-corrected chi connectivity index (χ4v) is 2.97. The highest BCUT2D eigenvalue weighted by molar-refractivity contribution is 8.00. The lowest BCUT2D eigenvalue weighted by atomic mass is 10.1. The third-order valence-corrected chi connectivity index (χ3v) is 4.32. The van der Waals surface area contributed by atoms with E-state index < -0.39 is 4.92 Å². The highest BCUT2D eigenvalue weighted by atomic mass is 32.2. The van der Waals surface area contributed by atoms with Crippen LogP contribution >= 0.6 is 11.8 Å². The zero-order chi connectivity index (χ0) is 15.5. The highest BCUT2D eigenvalue weighted by Crippen LogP contribution is 2.24. The summed E-state index contributed by atoms with van der Waals surface area (Å²) in [7, 11) is 0. The standard InChI is InChI=1S/C16H12N2O3S/c19-16(14-9-17-15-4-2-1-3-13(14)15)10-22-12-7-5-11(6-8-12)18(20)21/h1-9,17H,10H2. The van der Waals surface area contributed by atoms with Crippen LogP contribution in [0.1, 0.15) is 10.4 Å². The molecule has 110 valence electrons. The molecule has 0 spiro atoms. The molecule has 0 fully saturated rings. The van der Waals surface area contributed by atoms with Gasteiger partial charge in [0.05, 0.1) is 10.7 Å². The van der Waals surface area contributed by atoms with Crippen LogP contribution in [0, 0.1) is 10.1 Å². The minimum absolute atomic E-state index is 0.0285. The molecule has 0 unspecified atom stereocenters. The van der Waals surface area contributed by atoms with Crippen LogP contribution in [0.3, 0.4) is 0 Å². The Labute approximate surface area is 130 Å². The van der Waals surface area contributed by atoms with E-state index in [0.717, 1.165) is 15.8 Å². The van der Waals surface area contributed by atoms with Gasteiger partial charge >= 0.3 is 0 Å². The summed E-state index contributed by atoms with van der Waals surface area (Å²) in [5.74, 6) is 0.320. The molecule has 5 nitrogen and oxygen atoms in total. The van der Waals surface area contributed by atoms with Gasteiger partial charge in [-0.2, -0.15) is 0 Å². The number of hydrogen-bond acceptors (Lipinski definition) is 4. The van der Waals surface area contributed by atoms with E-state index in [1.807, 2.05) is 24.3 Å². The maximum atomic E-state index is 12.3. The Hall–Kier alpha value is -2.60. The van der Waals surface area contributed by atoms with Crippen molar-refractivity contribution in [2.75, 3.05) is 5.75 Å². The number of para-hydroxylation sites is 1. The number of nitro benzene ring substituents is 1. The van der Waals surface area contributed by atoms with Gasteiger partial charge in [0.1, 0.15) is 0 Å². The van der Waals surface area contributed by atoms with Crippen LogP contribution < -0.4 is 0 Å². The summed E-state index contributed by atoms with van der Waals surface area (Å²) in [4.78, 5) is 26.4. The number of rotatable bonds is 5. The molecule has 2 aromatic carbocycles. The Morgan fingerprint density at radius 2 is 1.86 bits per heavy atom. The molecule has 0 saturated carbocycles. The summed E-state index contributed by atoms with van der Waals surface area (Å²) in [5, 5.41) is 11.5. The van der Waals surface area contributed by atoms with Crippen molar-refractivity contribution in [3.8, 4) is 0 Å². The van der Waals surface area contributed by atoms with Gasteiger partial charge in [-0.25, -0.2) is 0 Å². The Bertz CT molecular complexity index is 840. The fraction of sp³-hybridized carbons (Fsp3) is 0.0625. The number of nitrogens with zero attached hydrogens (tertiary/aromatic N) is 1. The van der Waals surface area contributed by atoms with Gasteiger partial charge in [0.25, 0.3) is 5.69 Å². The maximum Gasteiger partial charge on any atom is 0.269 e. The van der Waals surface area contributed by atoms with Crippen LogP contribution in [0.25, 0.3) is 10.9 Å². The molecule has 3 aromatic rings. The molecule has 0 aliphatic rings. The van der Waals surface area contributed by atoms with Gasteiger partial charge in [-0.1, -0.05) is 18.2 Å². The second kappa shape index (κ2) is 6.03. The number of thioether (sulfide) groups is 1. The molecule has 1 heterocycles. The predicted molar refractivity (Wildman–Crippen MR) is 86.4 cm³/mol. The molecule has 1 N–H and O–H groups in total. The quantitative estimate of drug-likeness (QED) is 0.334. The van der Waals surface area contributed by atoms with Crippen LogP contribution in [-0.2, 0) is 0 Å². The van der Waals surface area contributed by atoms with E-state index in [2.05, 4.69) is 4.98 Å². The normalized spacial score (nSPS) is 10.7. The summed E-state index contributed by atoms with van der Waals surface area (Å²) in [6, 6.07) is 13.9. The molecule has 0 aliphatic heterocycles. The lowest BCUT2D eigenvalue weighted by molar-refractivity contribution is -0.384. The van der Waals surface area contributed by atoms with E-state index in [0.29, 0.717) is 11.3 Å². The van der Waals surface area contributed by atoms with Crippen LogP contribution in [0.4, 0.5) is 5.69 Å². The number of hydrogen-bond donors (Lipinski definition) is 1. The van der Waals surface area contributed by atoms with Crippen molar-refractivity contribution in [3.63, 3.8) is 0 Å². The minimum Gasteiger partial charge on any atom is -0.360 e. The molecular formula is C16H12N2O3S. The second-order valence-electron chi connectivity index (χ2n) is 4.71. The molecule has 3 rings (SSSR count). The number of benzene rings is 2. The van der Waals surface area contributed by atoms with Crippen LogP contribution in [0.15, 0.2) is 59.6 Å². The summed E-state index contributed by atoms with van der Waals surface area (Å²) >= 11 is 1.37. The van der Waals surface area contributed by atoms with Crippen molar-refractivity contribution in [1.82, 2.24) is 4.98 Å². The molecule has 0 amide bonds. The van der Waals surface area contributed by atoms with Gasteiger partial charge in [0.2, 0.25) is 0 Å². The third-order valence-electron chi connectivity index (χ3n) is 3.31. The number of nitro groups is 1. The Balaban J connectivity index is 1.71. The fourth-order valence-electron chi connectivity index (χ4n) is 2.19. The van der Waals surface area contributed by atoms with Crippen molar-refractivity contribution >= 4 is 34.1 Å². The van der Waals surface area contributed by atoms with Gasteiger partial charge in [-0.3, -0.25) is 14.9 Å². The SMILES string of the molecule is O=C(CSc1ccc([N+](=O)[O-])cc1)c1c[nH]c2ccccc12. The summed E-state index contributed by atoms with van der Waals surface area (Å²) in [5.41, 5.74) is 1.66. The molecular weight excluding hydrogens is 300 g/mol. The van der Waals surface area contributed by atoms with Gasteiger partial charge < -0.3 is 4.98 Å². The smallest absolute Gasteiger partial charge is 0.269 e. The molecule has 0 aliphatic carbocycles. The van der Waals surface area contributed by atoms with E-state index in [-0.39, 0.29) is 11.5 Å². The third kappa shape index (κ3) is 2.87. The second-order valence-corrected chi connectivity index (χ2v) is 5.76. The van der Waals surface area contributed by atoms with Crippen molar-refractivity contribution in [3.05, 3.63) is 70.4 Å². The summed E-state index contributed by atoms with van der Waals surface area (Å²) in [6.45, 7) is 0. The van der Waals surface area contributed by atoms with Crippen molar-refractivity contribution < 1.29 is 9.72 Å². The summed E-state index contributed by atoms with van der Waals surface area (Å²) in [6.07, 6.45) is 1.73. The lowest BCUT2D eigenvalue weighted by Crippen LogP contribution is -2.01. The summed E-state index contributed by atoms with van der Waals surface area (Å²) < 4.78 is 0. The average molecular weight is 312 g/mol. The van der Waals surface area contributed by atoms with Crippen molar-refractivity contribution in [2.24, 2.45) is 0 Å². The lowest BCUT2D eigenvalue weighted by Gasteiger charge is -2.01. The molecule has 0 radical (unpaired) electrons. The molecule has 0 bridgehead atoms. The van der Waals surface area contributed by atoms with Crippen LogP contribution in [0.5, 0.6) is 0 Å². The number of fused-ring (bicyclic) bond motifs is 1. The van der Waals surface area contributed by atoms with Crippen molar-refractivity contribution in [2.45, 2.75) is 4.90 Å². The number of carbonyl (C=O) groups excluding carboxylic acids is 1. The number of H-pyrrole nitrogens is 1. The van der Waals surface area contributed by atoms with Crippen LogP contribution in [-0.4, -0.2) is 21.4 Å². The van der Waals surface area contributed by atoms with Gasteiger partial charge in [-0.05, 0) is 18.2 Å². The van der Waals surface area contributed by atoms with E-state index in [4.69, 9.17) is 0 Å². The highest BCUT2D eigenvalue weighted by Gasteiger charge is 2.12. The van der Waals surface area contributed by atoms with Gasteiger partial charge in [0.15, 0.2) is 5.78 Å². The molecule has 6 heteroatoms. The average Bonchev–Trinajstić information content (AvgIpc) is 2.97. The number of nitrogens with one attached hydrogen (secondary N) is 1. The van der Waals surface area contributed by atoms with E-state index >= 15 is 0 Å². The first kappa shape index (κ1) is 14.3. The van der Waals surface area contributed by atoms with E-state index in [1.54, 1.807) is 18.3 Å². The Morgan fingerprint density at radius 1 is 1.14 bits per heavy atom. The monoisotopic (exact) mass is 312 g/mol. The van der Waals surface area contributed by atoms with E-state index in [1.165, 1.54) is 23.9 Å². The Kier molecular flexibility index (Phi) is 3.93.